The van der Waals surface area contributed by atoms with Crippen LogP contribution in [0.3, 0.4) is 0 Å². The van der Waals surface area contributed by atoms with E-state index in [-0.39, 0.29) is 23.6 Å². The molecule has 1 atom stereocenters. The second-order valence-electron chi connectivity index (χ2n) is 7.52. The number of rotatable bonds is 7. The lowest BCUT2D eigenvalue weighted by molar-refractivity contribution is -0.175. The molecule has 0 aliphatic heterocycles. The van der Waals surface area contributed by atoms with Crippen molar-refractivity contribution in [1.29, 1.82) is 0 Å². The maximum Gasteiger partial charge on any atom is 0.471 e. The molecule has 178 valence electrons. The summed E-state index contributed by atoms with van der Waals surface area (Å²) in [4.78, 5) is 27.8. The average molecular weight is 508 g/mol. The van der Waals surface area contributed by atoms with Crippen molar-refractivity contribution in [3.63, 3.8) is 0 Å². The van der Waals surface area contributed by atoms with Gasteiger partial charge in [0.05, 0.1) is 23.4 Å². The Hall–Kier alpha value is -2.59. The predicted molar refractivity (Wildman–Crippen MR) is 114 cm³/mol. The summed E-state index contributed by atoms with van der Waals surface area (Å²) in [6.45, 7) is 3.48. The van der Waals surface area contributed by atoms with Crippen LogP contribution in [0.4, 0.5) is 17.6 Å². The standard InChI is InChI=1S/C21H19Cl2F4N3O3/c1-3-33-17-13(7-12(22)8-14(17)23)11-6-15(24)16(28-9-11)10(2)29-18(31)20(4-5-20)30-19(32)21(25,26)27/h6-10H,3-5H2,1-2H3,(H,29,31)(H,30,32)/t10-/m1/s1. The van der Waals surface area contributed by atoms with Gasteiger partial charge in [-0.2, -0.15) is 13.2 Å². The maximum absolute atomic E-state index is 14.9. The van der Waals surface area contributed by atoms with Crippen LogP contribution in [0.15, 0.2) is 24.4 Å². The van der Waals surface area contributed by atoms with Gasteiger partial charge < -0.3 is 15.4 Å². The number of nitrogens with one attached hydrogen (secondary N) is 2. The highest BCUT2D eigenvalue weighted by Crippen LogP contribution is 2.40. The second-order valence-corrected chi connectivity index (χ2v) is 8.36. The van der Waals surface area contributed by atoms with Crippen molar-refractivity contribution in [2.45, 2.75) is 44.4 Å². The van der Waals surface area contributed by atoms with Crippen molar-refractivity contribution in [2.75, 3.05) is 6.61 Å². The first kappa shape index (κ1) is 25.0. The van der Waals surface area contributed by atoms with Crippen molar-refractivity contribution < 1.29 is 31.9 Å². The van der Waals surface area contributed by atoms with E-state index < -0.39 is 35.4 Å². The van der Waals surface area contributed by atoms with Crippen LogP contribution in [0, 0.1) is 5.82 Å². The number of carbonyl (C=O) groups is 2. The van der Waals surface area contributed by atoms with E-state index in [0.29, 0.717) is 28.5 Å². The van der Waals surface area contributed by atoms with Crippen LogP contribution >= 0.6 is 23.2 Å². The molecule has 0 radical (unpaired) electrons. The Morgan fingerprint density at radius 1 is 1.24 bits per heavy atom. The van der Waals surface area contributed by atoms with Gasteiger partial charge in [0.25, 0.3) is 0 Å². The van der Waals surface area contributed by atoms with Gasteiger partial charge in [-0.3, -0.25) is 14.6 Å². The topological polar surface area (TPSA) is 80.3 Å². The first-order valence-electron chi connectivity index (χ1n) is 9.86. The molecular formula is C21H19Cl2F4N3O3. The Kier molecular flexibility index (Phi) is 7.09. The van der Waals surface area contributed by atoms with Crippen LogP contribution in [0.2, 0.25) is 10.0 Å². The minimum absolute atomic E-state index is 0.0396. The van der Waals surface area contributed by atoms with Crippen LogP contribution in [0.25, 0.3) is 11.1 Å². The highest BCUT2D eigenvalue weighted by atomic mass is 35.5. The fourth-order valence-electron chi connectivity index (χ4n) is 3.21. The van der Waals surface area contributed by atoms with Crippen LogP contribution in [-0.4, -0.2) is 35.1 Å². The zero-order chi connectivity index (χ0) is 24.6. The second kappa shape index (κ2) is 9.34. The largest absolute Gasteiger partial charge is 0.492 e. The van der Waals surface area contributed by atoms with Crippen molar-refractivity contribution in [3.05, 3.63) is 46.0 Å². The smallest absolute Gasteiger partial charge is 0.471 e. The summed E-state index contributed by atoms with van der Waals surface area (Å²) in [5.74, 6) is -3.53. The van der Waals surface area contributed by atoms with Gasteiger partial charge in [0.15, 0.2) is 0 Å². The molecule has 1 aliphatic carbocycles. The van der Waals surface area contributed by atoms with E-state index in [4.69, 9.17) is 27.9 Å². The lowest BCUT2D eigenvalue weighted by Gasteiger charge is -2.21. The van der Waals surface area contributed by atoms with Gasteiger partial charge in [-0.25, -0.2) is 4.39 Å². The van der Waals surface area contributed by atoms with E-state index >= 15 is 0 Å². The summed E-state index contributed by atoms with van der Waals surface area (Å²) in [6.07, 6.45) is -3.70. The number of benzene rings is 1. The number of amides is 2. The molecule has 2 amide bonds. The lowest BCUT2D eigenvalue weighted by atomic mass is 10.0. The molecule has 1 saturated carbocycles. The van der Waals surface area contributed by atoms with Gasteiger partial charge in [0.1, 0.15) is 17.1 Å². The van der Waals surface area contributed by atoms with Crippen molar-refractivity contribution in [1.82, 2.24) is 15.6 Å². The molecule has 3 rings (SSSR count). The lowest BCUT2D eigenvalue weighted by Crippen LogP contribution is -2.53. The predicted octanol–water partition coefficient (Wildman–Crippen LogP) is 4.98. The molecule has 6 nitrogen and oxygen atoms in total. The molecule has 0 spiro atoms. The molecule has 1 heterocycles. The molecular weight excluding hydrogens is 489 g/mol. The Labute approximate surface area is 196 Å². The fraction of sp³-hybridized carbons (Fsp3) is 0.381. The number of alkyl halides is 3. The van der Waals surface area contributed by atoms with Gasteiger partial charge in [-0.15, -0.1) is 0 Å². The van der Waals surface area contributed by atoms with E-state index in [9.17, 15) is 27.2 Å². The SMILES string of the molecule is CCOc1c(Cl)cc(Cl)cc1-c1cnc([C@@H](C)NC(=O)C2(NC(=O)C(F)(F)F)CC2)c(F)c1. The first-order chi connectivity index (χ1) is 15.4. The van der Waals surface area contributed by atoms with Gasteiger partial charge in [-0.1, -0.05) is 23.2 Å². The number of carbonyl (C=O) groups excluding carboxylic acids is 2. The molecule has 2 N–H and O–H groups in total. The molecule has 33 heavy (non-hydrogen) atoms. The summed E-state index contributed by atoms with van der Waals surface area (Å²) in [5, 5.41) is 4.67. The number of nitrogens with zero attached hydrogens (tertiary/aromatic N) is 1. The van der Waals surface area contributed by atoms with Crippen molar-refractivity contribution in [3.8, 4) is 16.9 Å². The molecule has 1 fully saturated rings. The van der Waals surface area contributed by atoms with Crippen LogP contribution < -0.4 is 15.4 Å². The Morgan fingerprint density at radius 3 is 2.45 bits per heavy atom. The molecule has 2 aromatic rings. The fourth-order valence-corrected chi connectivity index (χ4v) is 3.75. The van der Waals surface area contributed by atoms with Gasteiger partial charge in [0.2, 0.25) is 5.91 Å². The third-order valence-electron chi connectivity index (χ3n) is 5.03. The molecule has 12 heteroatoms. The number of ether oxygens (including phenoxy) is 1. The molecule has 1 aromatic heterocycles. The quantitative estimate of drug-likeness (QED) is 0.517. The number of hydrogen-bond donors (Lipinski definition) is 2. The summed E-state index contributed by atoms with van der Waals surface area (Å²) < 4.78 is 58.0. The number of pyridine rings is 1. The van der Waals surface area contributed by atoms with Crippen LogP contribution in [0.5, 0.6) is 5.75 Å². The van der Waals surface area contributed by atoms with Crippen molar-refractivity contribution in [2.24, 2.45) is 0 Å². The number of halogens is 6. The first-order valence-corrected chi connectivity index (χ1v) is 10.6. The van der Waals surface area contributed by atoms with E-state index in [0.717, 1.165) is 6.07 Å². The summed E-state index contributed by atoms with van der Waals surface area (Å²) in [5.41, 5.74) is -1.08. The third-order valence-corrected chi connectivity index (χ3v) is 5.53. The summed E-state index contributed by atoms with van der Waals surface area (Å²) in [7, 11) is 0. The molecule has 0 saturated heterocycles. The van der Waals surface area contributed by atoms with Gasteiger partial charge in [0, 0.05) is 22.3 Å². The van der Waals surface area contributed by atoms with Crippen molar-refractivity contribution >= 4 is 35.0 Å². The van der Waals surface area contributed by atoms with E-state index in [1.54, 1.807) is 18.3 Å². The zero-order valence-electron chi connectivity index (χ0n) is 17.4. The number of hydrogen-bond acceptors (Lipinski definition) is 4. The minimum Gasteiger partial charge on any atom is -0.492 e. The Bertz CT molecular complexity index is 1090. The zero-order valence-corrected chi connectivity index (χ0v) is 19.0. The highest BCUT2D eigenvalue weighted by Gasteiger charge is 2.55. The average Bonchev–Trinajstić information content (AvgIpc) is 3.49. The van der Waals surface area contributed by atoms with Crippen LogP contribution in [-0.2, 0) is 9.59 Å². The summed E-state index contributed by atoms with van der Waals surface area (Å²) >= 11 is 12.2. The van der Waals surface area contributed by atoms with E-state index in [1.807, 2.05) is 0 Å². The summed E-state index contributed by atoms with van der Waals surface area (Å²) in [6, 6.07) is 3.20. The monoisotopic (exact) mass is 507 g/mol. The van der Waals surface area contributed by atoms with E-state index in [2.05, 4.69) is 10.3 Å². The number of aromatic nitrogens is 1. The Balaban J connectivity index is 1.80. The third kappa shape index (κ3) is 5.50. The van der Waals surface area contributed by atoms with Crippen LogP contribution in [0.1, 0.15) is 38.4 Å². The maximum atomic E-state index is 14.9. The van der Waals surface area contributed by atoms with E-state index in [1.165, 1.54) is 19.2 Å². The highest BCUT2D eigenvalue weighted by molar-refractivity contribution is 6.36. The molecule has 0 bridgehead atoms. The van der Waals surface area contributed by atoms with Gasteiger partial charge in [-0.05, 0) is 44.9 Å². The Morgan fingerprint density at radius 2 is 1.91 bits per heavy atom. The normalized spacial score (nSPS) is 15.5. The molecule has 0 unspecified atom stereocenters. The molecule has 1 aromatic carbocycles. The van der Waals surface area contributed by atoms with Gasteiger partial charge >= 0.3 is 12.1 Å². The molecule has 1 aliphatic rings. The minimum atomic E-state index is -5.12.